The second kappa shape index (κ2) is 6.90. The zero-order valence-electron chi connectivity index (χ0n) is 11.4. The lowest BCUT2D eigenvalue weighted by Gasteiger charge is -2.18. The van der Waals surface area contributed by atoms with Gasteiger partial charge in [-0.1, -0.05) is 36.8 Å². The standard InChI is InChI=1S/C14H23NO2S/c1-4-15-14(9-6-10-18(3,16)17)13-8-5-7-12(2)11-13/h5,7-8,11,14-15H,4,6,9-10H2,1-3H3. The minimum Gasteiger partial charge on any atom is -0.310 e. The third-order valence-corrected chi connectivity index (χ3v) is 3.93. The van der Waals surface area contributed by atoms with E-state index in [1.54, 1.807) is 0 Å². The van der Waals surface area contributed by atoms with Gasteiger partial charge in [0, 0.05) is 18.1 Å². The average Bonchev–Trinajstić information content (AvgIpc) is 2.26. The first kappa shape index (κ1) is 15.2. The van der Waals surface area contributed by atoms with E-state index in [9.17, 15) is 8.42 Å². The van der Waals surface area contributed by atoms with Gasteiger partial charge in [-0.25, -0.2) is 8.42 Å². The SMILES string of the molecule is CCNC(CCCS(C)(=O)=O)c1cccc(C)c1. The molecule has 4 heteroatoms. The second-order valence-electron chi connectivity index (χ2n) is 4.80. The highest BCUT2D eigenvalue weighted by molar-refractivity contribution is 7.90. The van der Waals surface area contributed by atoms with Gasteiger partial charge in [0.05, 0.1) is 0 Å². The van der Waals surface area contributed by atoms with Gasteiger partial charge in [0.2, 0.25) is 0 Å². The number of rotatable bonds is 7. The molecule has 102 valence electrons. The molecule has 0 spiro atoms. The van der Waals surface area contributed by atoms with Crippen molar-refractivity contribution in [2.45, 2.75) is 32.7 Å². The summed E-state index contributed by atoms with van der Waals surface area (Å²) in [5, 5.41) is 3.42. The van der Waals surface area contributed by atoms with E-state index in [-0.39, 0.29) is 11.8 Å². The molecular weight excluding hydrogens is 246 g/mol. The van der Waals surface area contributed by atoms with Crippen molar-refractivity contribution in [3.8, 4) is 0 Å². The van der Waals surface area contributed by atoms with Crippen LogP contribution in [0.15, 0.2) is 24.3 Å². The van der Waals surface area contributed by atoms with Crippen LogP contribution in [-0.4, -0.2) is 27.0 Å². The van der Waals surface area contributed by atoms with Crippen LogP contribution in [0.4, 0.5) is 0 Å². The maximum Gasteiger partial charge on any atom is 0.147 e. The van der Waals surface area contributed by atoms with Crippen LogP contribution in [0.2, 0.25) is 0 Å². The van der Waals surface area contributed by atoms with Crippen molar-refractivity contribution in [3.63, 3.8) is 0 Å². The summed E-state index contributed by atoms with van der Waals surface area (Å²) in [4.78, 5) is 0. The maximum absolute atomic E-state index is 11.1. The zero-order chi connectivity index (χ0) is 13.6. The van der Waals surface area contributed by atoms with Crippen LogP contribution in [0.3, 0.4) is 0 Å². The molecule has 0 saturated heterocycles. The average molecular weight is 269 g/mol. The lowest BCUT2D eigenvalue weighted by molar-refractivity contribution is 0.507. The summed E-state index contributed by atoms with van der Waals surface area (Å²) in [5.41, 5.74) is 2.48. The van der Waals surface area contributed by atoms with E-state index in [0.29, 0.717) is 6.42 Å². The highest BCUT2D eigenvalue weighted by Crippen LogP contribution is 2.19. The summed E-state index contributed by atoms with van der Waals surface area (Å²) in [5.74, 6) is 0.265. The van der Waals surface area contributed by atoms with Crippen molar-refractivity contribution in [1.82, 2.24) is 5.32 Å². The third kappa shape index (κ3) is 5.65. The summed E-state index contributed by atoms with van der Waals surface area (Å²) >= 11 is 0. The van der Waals surface area contributed by atoms with Crippen molar-refractivity contribution >= 4 is 9.84 Å². The Bertz CT molecular complexity index is 468. The van der Waals surface area contributed by atoms with Crippen LogP contribution in [-0.2, 0) is 9.84 Å². The molecule has 1 atom stereocenters. The van der Waals surface area contributed by atoms with Gasteiger partial charge < -0.3 is 5.32 Å². The largest absolute Gasteiger partial charge is 0.310 e. The number of benzene rings is 1. The Kier molecular flexibility index (Phi) is 5.82. The third-order valence-electron chi connectivity index (χ3n) is 2.90. The first-order valence-corrected chi connectivity index (χ1v) is 8.46. The Balaban J connectivity index is 2.65. The molecule has 0 aliphatic rings. The molecule has 0 radical (unpaired) electrons. The topological polar surface area (TPSA) is 46.2 Å². The summed E-state index contributed by atoms with van der Waals surface area (Å²) < 4.78 is 22.3. The van der Waals surface area contributed by atoms with Crippen LogP contribution in [0.5, 0.6) is 0 Å². The molecule has 1 aromatic carbocycles. The summed E-state index contributed by atoms with van der Waals surface area (Å²) in [6.07, 6.45) is 2.84. The van der Waals surface area contributed by atoms with Gasteiger partial charge in [-0.3, -0.25) is 0 Å². The summed E-state index contributed by atoms with van der Waals surface area (Å²) in [6.45, 7) is 5.03. The van der Waals surface area contributed by atoms with Crippen molar-refractivity contribution in [2.75, 3.05) is 18.6 Å². The van der Waals surface area contributed by atoms with E-state index >= 15 is 0 Å². The van der Waals surface area contributed by atoms with Crippen LogP contribution >= 0.6 is 0 Å². The number of nitrogens with one attached hydrogen (secondary N) is 1. The van der Waals surface area contributed by atoms with Crippen LogP contribution in [0.25, 0.3) is 0 Å². The number of aryl methyl sites for hydroxylation is 1. The molecule has 0 fully saturated rings. The van der Waals surface area contributed by atoms with E-state index in [1.165, 1.54) is 17.4 Å². The predicted molar refractivity (Wildman–Crippen MR) is 76.5 cm³/mol. The van der Waals surface area contributed by atoms with Crippen LogP contribution < -0.4 is 5.32 Å². The van der Waals surface area contributed by atoms with Crippen molar-refractivity contribution in [1.29, 1.82) is 0 Å². The van der Waals surface area contributed by atoms with E-state index in [4.69, 9.17) is 0 Å². The van der Waals surface area contributed by atoms with E-state index < -0.39 is 9.84 Å². The highest BCUT2D eigenvalue weighted by Gasteiger charge is 2.11. The van der Waals surface area contributed by atoms with Gasteiger partial charge >= 0.3 is 0 Å². The first-order chi connectivity index (χ1) is 8.42. The molecule has 1 rings (SSSR count). The van der Waals surface area contributed by atoms with Crippen molar-refractivity contribution < 1.29 is 8.42 Å². The number of sulfone groups is 1. The van der Waals surface area contributed by atoms with Crippen molar-refractivity contribution in [3.05, 3.63) is 35.4 Å². The molecule has 0 saturated carbocycles. The van der Waals surface area contributed by atoms with Gasteiger partial charge in [0.25, 0.3) is 0 Å². The molecule has 18 heavy (non-hydrogen) atoms. The predicted octanol–water partition coefficient (Wildman–Crippen LogP) is 2.47. The van der Waals surface area contributed by atoms with E-state index in [2.05, 4.69) is 37.4 Å². The second-order valence-corrected chi connectivity index (χ2v) is 7.06. The smallest absolute Gasteiger partial charge is 0.147 e. The lowest BCUT2D eigenvalue weighted by Crippen LogP contribution is -2.21. The number of hydrogen-bond acceptors (Lipinski definition) is 3. The van der Waals surface area contributed by atoms with Crippen molar-refractivity contribution in [2.24, 2.45) is 0 Å². The van der Waals surface area contributed by atoms with E-state index in [1.807, 2.05) is 6.07 Å². The fourth-order valence-electron chi connectivity index (χ4n) is 2.07. The molecule has 1 aromatic rings. The summed E-state index contributed by atoms with van der Waals surface area (Å²) in [6, 6.07) is 8.62. The van der Waals surface area contributed by atoms with Gasteiger partial charge in [0.1, 0.15) is 9.84 Å². The molecule has 3 nitrogen and oxygen atoms in total. The molecule has 0 aliphatic carbocycles. The Morgan fingerprint density at radius 2 is 2.06 bits per heavy atom. The molecule has 0 amide bonds. The Morgan fingerprint density at radius 3 is 2.61 bits per heavy atom. The van der Waals surface area contributed by atoms with Gasteiger partial charge in [-0.2, -0.15) is 0 Å². The quantitative estimate of drug-likeness (QED) is 0.827. The fraction of sp³-hybridized carbons (Fsp3) is 0.571. The molecular formula is C14H23NO2S. The van der Waals surface area contributed by atoms with Crippen LogP contribution in [0.1, 0.15) is 36.9 Å². The lowest BCUT2D eigenvalue weighted by atomic mass is 10.0. The maximum atomic E-state index is 11.1. The first-order valence-electron chi connectivity index (χ1n) is 6.40. The normalized spacial score (nSPS) is 13.5. The molecule has 1 N–H and O–H groups in total. The van der Waals surface area contributed by atoms with Crippen LogP contribution in [0, 0.1) is 6.92 Å². The Morgan fingerprint density at radius 1 is 1.33 bits per heavy atom. The molecule has 1 unspecified atom stereocenters. The molecule has 0 bridgehead atoms. The van der Waals surface area contributed by atoms with Gasteiger partial charge in [0.15, 0.2) is 0 Å². The Labute approximate surface area is 111 Å². The minimum atomic E-state index is -2.85. The van der Waals surface area contributed by atoms with Gasteiger partial charge in [-0.15, -0.1) is 0 Å². The number of hydrogen-bond donors (Lipinski definition) is 1. The highest BCUT2D eigenvalue weighted by atomic mass is 32.2. The van der Waals surface area contributed by atoms with E-state index in [0.717, 1.165) is 13.0 Å². The Hall–Kier alpha value is -0.870. The summed E-state index contributed by atoms with van der Waals surface area (Å²) in [7, 11) is -2.85. The molecule has 0 aliphatic heterocycles. The molecule has 0 aromatic heterocycles. The fourth-order valence-corrected chi connectivity index (χ4v) is 2.76. The monoisotopic (exact) mass is 269 g/mol. The minimum absolute atomic E-state index is 0.247. The van der Waals surface area contributed by atoms with Gasteiger partial charge in [-0.05, 0) is 31.9 Å². The zero-order valence-corrected chi connectivity index (χ0v) is 12.3. The molecule has 0 heterocycles.